The molecular weight excluding hydrogens is 578 g/mol. The number of hydrogen-bond donors (Lipinski definition) is 1. The number of rotatable bonds is 9. The van der Waals surface area contributed by atoms with Gasteiger partial charge in [0.1, 0.15) is 44.7 Å². The number of hydrogen-bond acceptors (Lipinski definition) is 11. The molecule has 12 nitrogen and oxygen atoms in total. The van der Waals surface area contributed by atoms with Gasteiger partial charge in [-0.2, -0.15) is 0 Å². The second kappa shape index (κ2) is 17.1. The van der Waals surface area contributed by atoms with Crippen LogP contribution >= 0.6 is 0 Å². The maximum absolute atomic E-state index is 14.1. The fourth-order valence-corrected chi connectivity index (χ4v) is 4.21. The molecule has 2 fully saturated rings. The maximum atomic E-state index is 14.1. The van der Waals surface area contributed by atoms with Crippen LogP contribution in [0, 0.1) is 23.3 Å². The van der Waals surface area contributed by atoms with E-state index in [0.717, 1.165) is 0 Å². The Kier molecular flexibility index (Phi) is 15.0. The van der Waals surface area contributed by atoms with Crippen molar-refractivity contribution >= 4 is 23.9 Å². The van der Waals surface area contributed by atoms with Gasteiger partial charge < -0.3 is 38.4 Å². The highest BCUT2D eigenvalue weighted by molar-refractivity contribution is 5.88. The van der Waals surface area contributed by atoms with Gasteiger partial charge in [0.25, 0.3) is 0 Å². The van der Waals surface area contributed by atoms with Gasteiger partial charge in [0.15, 0.2) is 29.4 Å². The number of fused-ring (bicyclic) bond motifs is 5. The molecule has 2 bridgehead atoms. The number of cyclic esters (lactones) is 2. The number of aliphatic carboxylic acids is 1. The third kappa shape index (κ3) is 8.91. The molecule has 3 aliphatic rings. The molecule has 2 saturated heterocycles. The van der Waals surface area contributed by atoms with Crippen LogP contribution in [-0.4, -0.2) is 99.3 Å². The van der Waals surface area contributed by atoms with Crippen molar-refractivity contribution in [2.75, 3.05) is 53.2 Å². The number of carbonyl (C=O) groups is 4. The Morgan fingerprint density at radius 3 is 1.69 bits per heavy atom. The summed E-state index contributed by atoms with van der Waals surface area (Å²) in [4.78, 5) is 44.7. The summed E-state index contributed by atoms with van der Waals surface area (Å²) in [6, 6.07) is 0. The number of carbonyl (C=O) groups excluding carboxylic acids is 3. The SMILES string of the molecule is C.CCN(CC)CC.CO[C@H]1C(OC(=O)COCC(=O)O)C2O[C@H]1c1c(F)c(F)c(F)c(F)c12.O=C1COCC(=O)O1. The molecule has 4 atom stereocenters. The van der Waals surface area contributed by atoms with Crippen molar-refractivity contribution in [1.29, 1.82) is 0 Å². The molecule has 4 rings (SSSR count). The summed E-state index contributed by atoms with van der Waals surface area (Å²) in [7, 11) is 1.18. The summed E-state index contributed by atoms with van der Waals surface area (Å²) in [6.45, 7) is 8.44. The van der Waals surface area contributed by atoms with E-state index in [9.17, 15) is 36.7 Å². The standard InChI is InChI=1S/C15H12F4O7.C6H15N.C4H4O4.CH4/c1-23-14-12-6-7(9(17)11(19)10(18)8(6)16)13(26-12)15(14)25-5(22)3-24-2-4(20)21;1-4-7(5-2)6-3;5-3-1-7-2-4(6)8-3;/h12-15H,2-3H2,1H3,(H,20,21);4-6H2,1-3H3;1-2H2;1H4/t12-,13?,14+,15?;;;/m0.../s1. The van der Waals surface area contributed by atoms with Crippen LogP contribution in [0.2, 0.25) is 0 Å². The van der Waals surface area contributed by atoms with Gasteiger partial charge in [-0.05, 0) is 19.6 Å². The molecule has 0 spiro atoms. The molecule has 3 heterocycles. The number of esters is 3. The molecule has 1 aromatic rings. The van der Waals surface area contributed by atoms with Gasteiger partial charge in [-0.3, -0.25) is 0 Å². The average Bonchev–Trinajstić information content (AvgIpc) is 3.48. The predicted molar refractivity (Wildman–Crippen MR) is 134 cm³/mol. The minimum atomic E-state index is -2.00. The molecule has 0 radical (unpaired) electrons. The Morgan fingerprint density at radius 2 is 1.33 bits per heavy atom. The van der Waals surface area contributed by atoms with Crippen LogP contribution in [0.1, 0.15) is 51.5 Å². The van der Waals surface area contributed by atoms with Gasteiger partial charge >= 0.3 is 23.9 Å². The first-order valence-corrected chi connectivity index (χ1v) is 12.5. The van der Waals surface area contributed by atoms with Crippen LogP contribution in [0.15, 0.2) is 0 Å². The third-order valence-electron chi connectivity index (χ3n) is 6.12. The first-order chi connectivity index (χ1) is 19.4. The number of halogens is 4. The Labute approximate surface area is 239 Å². The van der Waals surface area contributed by atoms with Crippen molar-refractivity contribution in [2.24, 2.45) is 0 Å². The summed E-state index contributed by atoms with van der Waals surface area (Å²) in [5, 5.41) is 8.43. The van der Waals surface area contributed by atoms with Crippen LogP contribution in [0.5, 0.6) is 0 Å². The highest BCUT2D eigenvalue weighted by Crippen LogP contribution is 2.55. The number of nitrogens with zero attached hydrogens (tertiary/aromatic N) is 1. The second-order valence-electron chi connectivity index (χ2n) is 8.56. The van der Waals surface area contributed by atoms with Crippen molar-refractivity contribution < 1.29 is 70.3 Å². The lowest BCUT2D eigenvalue weighted by molar-refractivity contribution is -0.174. The molecule has 1 N–H and O–H groups in total. The highest BCUT2D eigenvalue weighted by atomic mass is 19.2. The third-order valence-corrected chi connectivity index (χ3v) is 6.12. The Morgan fingerprint density at radius 1 is 0.857 bits per heavy atom. The van der Waals surface area contributed by atoms with Crippen molar-refractivity contribution in [3.8, 4) is 0 Å². The van der Waals surface area contributed by atoms with Crippen LogP contribution in [0.3, 0.4) is 0 Å². The lowest BCUT2D eigenvalue weighted by atomic mass is 9.86. The molecule has 0 saturated carbocycles. The number of carboxylic acid groups (broad SMARTS) is 1. The topological polar surface area (TPSA) is 147 Å². The minimum Gasteiger partial charge on any atom is -0.480 e. The van der Waals surface area contributed by atoms with E-state index in [-0.39, 0.29) is 20.6 Å². The van der Waals surface area contributed by atoms with Gasteiger partial charge in [0, 0.05) is 18.2 Å². The Bertz CT molecular complexity index is 1100. The van der Waals surface area contributed by atoms with Crippen LogP contribution in [0.25, 0.3) is 0 Å². The summed E-state index contributed by atoms with van der Waals surface area (Å²) in [5.41, 5.74) is -1.10. The molecule has 0 amide bonds. The molecule has 0 aliphatic carbocycles. The Hall–Kier alpha value is -3.18. The zero-order chi connectivity index (χ0) is 30.9. The maximum Gasteiger partial charge on any atom is 0.339 e. The zero-order valence-corrected chi connectivity index (χ0v) is 22.7. The molecule has 2 unspecified atom stereocenters. The van der Waals surface area contributed by atoms with Crippen molar-refractivity contribution in [3.05, 3.63) is 34.4 Å². The first-order valence-electron chi connectivity index (χ1n) is 12.5. The Balaban J connectivity index is 0.000000453. The number of carboxylic acids is 1. The zero-order valence-electron chi connectivity index (χ0n) is 22.7. The summed E-state index contributed by atoms with van der Waals surface area (Å²) >= 11 is 0. The molecular formula is C26H35F4NO11. The number of methoxy groups -OCH3 is 1. The van der Waals surface area contributed by atoms with Gasteiger partial charge in [-0.15, -0.1) is 0 Å². The summed E-state index contributed by atoms with van der Waals surface area (Å²) < 4.78 is 83.7. The summed E-state index contributed by atoms with van der Waals surface area (Å²) in [6.07, 6.45) is -5.10. The quantitative estimate of drug-likeness (QED) is 0.143. The van der Waals surface area contributed by atoms with E-state index in [1.165, 1.54) is 26.7 Å². The highest BCUT2D eigenvalue weighted by Gasteiger charge is 2.58. The van der Waals surface area contributed by atoms with E-state index in [1.807, 2.05) is 0 Å². The minimum absolute atomic E-state index is 0. The fourth-order valence-electron chi connectivity index (χ4n) is 4.21. The summed E-state index contributed by atoms with van der Waals surface area (Å²) in [5.74, 6) is -10.7. The number of benzene rings is 1. The molecule has 0 aromatic heterocycles. The smallest absolute Gasteiger partial charge is 0.339 e. The largest absolute Gasteiger partial charge is 0.480 e. The average molecular weight is 614 g/mol. The monoisotopic (exact) mass is 613 g/mol. The van der Waals surface area contributed by atoms with Crippen molar-refractivity contribution in [1.82, 2.24) is 4.90 Å². The number of ether oxygens (including phenoxy) is 6. The molecule has 16 heteroatoms. The van der Waals surface area contributed by atoms with Crippen LogP contribution in [0.4, 0.5) is 17.6 Å². The van der Waals surface area contributed by atoms with E-state index in [4.69, 9.17) is 19.3 Å². The fraction of sp³-hybridized carbons (Fsp3) is 0.615. The molecule has 42 heavy (non-hydrogen) atoms. The molecule has 3 aliphatic heterocycles. The van der Waals surface area contributed by atoms with Crippen molar-refractivity contribution in [3.63, 3.8) is 0 Å². The molecule has 1 aromatic carbocycles. The van der Waals surface area contributed by atoms with E-state index in [1.54, 1.807) is 0 Å². The van der Waals surface area contributed by atoms with E-state index in [2.05, 4.69) is 39.9 Å². The second-order valence-corrected chi connectivity index (χ2v) is 8.56. The normalized spacial score (nSPS) is 21.7. The first kappa shape index (κ1) is 36.8. The van der Waals surface area contributed by atoms with E-state index >= 15 is 0 Å². The molecule has 238 valence electrons. The van der Waals surface area contributed by atoms with Crippen LogP contribution in [-0.2, 0) is 47.6 Å². The van der Waals surface area contributed by atoms with E-state index in [0.29, 0.717) is 0 Å². The van der Waals surface area contributed by atoms with Crippen LogP contribution < -0.4 is 0 Å². The van der Waals surface area contributed by atoms with Gasteiger partial charge in [-0.1, -0.05) is 28.2 Å². The van der Waals surface area contributed by atoms with Gasteiger partial charge in [0.05, 0.1) is 0 Å². The van der Waals surface area contributed by atoms with Crippen molar-refractivity contribution in [2.45, 2.75) is 52.6 Å². The lowest BCUT2D eigenvalue weighted by Crippen LogP contribution is -2.39. The predicted octanol–water partition coefficient (Wildman–Crippen LogP) is 2.47. The van der Waals surface area contributed by atoms with E-state index < -0.39 is 95.9 Å². The lowest BCUT2D eigenvalue weighted by Gasteiger charge is -2.28. The van der Waals surface area contributed by atoms with Gasteiger partial charge in [-0.25, -0.2) is 36.7 Å². The van der Waals surface area contributed by atoms with Gasteiger partial charge in [0.2, 0.25) is 0 Å².